The van der Waals surface area contributed by atoms with Crippen molar-refractivity contribution in [1.29, 1.82) is 0 Å². The van der Waals surface area contributed by atoms with Crippen LogP contribution in [0.1, 0.15) is 11.7 Å². The predicted molar refractivity (Wildman–Crippen MR) is 70.9 cm³/mol. The summed E-state index contributed by atoms with van der Waals surface area (Å²) in [6, 6.07) is 3.56. The van der Waals surface area contributed by atoms with Gasteiger partial charge in [-0.05, 0) is 17.7 Å². The van der Waals surface area contributed by atoms with Crippen LogP contribution in [0.15, 0.2) is 18.2 Å². The summed E-state index contributed by atoms with van der Waals surface area (Å²) in [6.07, 6.45) is -5.70. The number of aliphatic hydroxyl groups excluding tert-OH is 2. The molecule has 1 rings (SSSR count). The molecule has 2 unspecified atom stereocenters. The summed E-state index contributed by atoms with van der Waals surface area (Å²) < 4.78 is 4.78. The molecule has 0 saturated carbocycles. The second kappa shape index (κ2) is 8.14. The van der Waals surface area contributed by atoms with Gasteiger partial charge in [0.1, 0.15) is 6.10 Å². The lowest BCUT2D eigenvalue weighted by Gasteiger charge is -2.20. The van der Waals surface area contributed by atoms with Gasteiger partial charge in [-0.2, -0.15) is 0 Å². The maximum Gasteiger partial charge on any atom is 0.339 e. The highest BCUT2D eigenvalue weighted by molar-refractivity contribution is 5.84. The van der Waals surface area contributed by atoms with E-state index in [4.69, 9.17) is 20.7 Å². The normalized spacial score (nSPS) is 14.3. The number of rotatable bonds is 6. The molecule has 0 saturated heterocycles. The Balaban J connectivity index is 0.00000441. The minimum atomic E-state index is -2.33. The van der Waals surface area contributed by atoms with Gasteiger partial charge in [0.15, 0.2) is 23.7 Å². The average Bonchev–Trinajstić information content (AvgIpc) is 2.45. The number of nitrogens with two attached hydrogens (primary N) is 1. The van der Waals surface area contributed by atoms with Crippen molar-refractivity contribution in [2.45, 2.75) is 18.3 Å². The number of aliphatic carboxylic acids is 1. The zero-order chi connectivity index (χ0) is 16.2. The van der Waals surface area contributed by atoms with Crippen LogP contribution >= 0.6 is 0 Å². The third-order valence-corrected chi connectivity index (χ3v) is 2.64. The first kappa shape index (κ1) is 19.6. The highest BCUT2D eigenvalue weighted by Crippen LogP contribution is 2.29. The summed E-state index contributed by atoms with van der Waals surface area (Å²) in [5, 5.41) is 45.4. The zero-order valence-electron chi connectivity index (χ0n) is 11.2. The first-order valence-corrected chi connectivity index (χ1v) is 5.79. The number of hydrogen-bond acceptors (Lipinski definition) is 8. The molecule has 0 radical (unpaired) electrons. The molecule has 0 bridgehead atoms. The van der Waals surface area contributed by atoms with E-state index in [1.165, 1.54) is 6.07 Å². The Morgan fingerprint density at radius 3 is 2.18 bits per heavy atom. The van der Waals surface area contributed by atoms with Crippen LogP contribution in [0, 0.1) is 0 Å². The molecule has 9 N–H and O–H groups in total. The molecule has 0 aliphatic rings. The summed E-state index contributed by atoms with van der Waals surface area (Å²) in [4.78, 5) is 22.0. The SMILES string of the molecule is NC[C@H](OC(=O)C(O)C(O)C(=O)O)c1ccc(O)c(O)c1.O. The number of ether oxygens (including phenoxy) is 1. The topological polar surface area (TPSA) is 202 Å². The lowest BCUT2D eigenvalue weighted by atomic mass is 10.1. The van der Waals surface area contributed by atoms with Gasteiger partial charge in [-0.25, -0.2) is 9.59 Å². The fourth-order valence-corrected chi connectivity index (χ4v) is 1.47. The summed E-state index contributed by atoms with van der Waals surface area (Å²) in [5.74, 6) is -4.02. The summed E-state index contributed by atoms with van der Waals surface area (Å²) in [6.45, 7) is -0.230. The van der Waals surface area contributed by atoms with Crippen LogP contribution in [0.3, 0.4) is 0 Å². The Bertz CT molecular complexity index is 533. The first-order valence-electron chi connectivity index (χ1n) is 5.79. The Kier molecular flexibility index (Phi) is 7.25. The predicted octanol–water partition coefficient (Wildman–Crippen LogP) is -2.38. The van der Waals surface area contributed by atoms with Crippen LogP contribution in [0.5, 0.6) is 11.5 Å². The summed E-state index contributed by atoms with van der Waals surface area (Å²) in [5.41, 5.74) is 5.62. The molecule has 1 aromatic carbocycles. The van der Waals surface area contributed by atoms with Gasteiger partial charge < -0.3 is 41.5 Å². The number of esters is 1. The number of phenolic OH excluding ortho intramolecular Hbond substituents is 2. The number of carbonyl (C=O) groups is 2. The number of phenols is 2. The lowest BCUT2D eigenvalue weighted by molar-refractivity contribution is -0.173. The Labute approximate surface area is 124 Å². The number of benzene rings is 1. The maximum absolute atomic E-state index is 11.5. The third-order valence-electron chi connectivity index (χ3n) is 2.64. The highest BCUT2D eigenvalue weighted by atomic mass is 16.6. The fraction of sp³-hybridized carbons (Fsp3) is 0.333. The number of aliphatic hydroxyl groups is 2. The van der Waals surface area contributed by atoms with Gasteiger partial charge >= 0.3 is 11.9 Å². The van der Waals surface area contributed by atoms with E-state index in [2.05, 4.69) is 0 Å². The van der Waals surface area contributed by atoms with Gasteiger partial charge in [0.2, 0.25) is 0 Å². The maximum atomic E-state index is 11.5. The summed E-state index contributed by atoms with van der Waals surface area (Å²) in [7, 11) is 0. The van der Waals surface area contributed by atoms with Crippen molar-refractivity contribution in [1.82, 2.24) is 0 Å². The molecule has 10 nitrogen and oxygen atoms in total. The third kappa shape index (κ3) is 4.56. The van der Waals surface area contributed by atoms with Crippen LogP contribution in [-0.2, 0) is 14.3 Å². The average molecular weight is 319 g/mol. The van der Waals surface area contributed by atoms with Crippen molar-refractivity contribution in [2.24, 2.45) is 5.73 Å². The smallest absolute Gasteiger partial charge is 0.339 e. The van der Waals surface area contributed by atoms with Crippen LogP contribution in [0.2, 0.25) is 0 Å². The molecule has 0 fully saturated rings. The quantitative estimate of drug-likeness (QED) is 0.244. The largest absolute Gasteiger partial charge is 0.504 e. The van der Waals surface area contributed by atoms with Crippen molar-refractivity contribution in [2.75, 3.05) is 6.54 Å². The molecular formula is C12H17NO9. The lowest BCUT2D eigenvalue weighted by Crippen LogP contribution is -2.41. The standard InChI is InChI=1S/C12H15NO8.H2O/c13-4-8(5-1-2-6(14)7(15)3-5)21-12(20)10(17)9(16)11(18)19;/h1-3,8-10,14-17H,4,13H2,(H,18,19);1H2/t8-,9?,10?;/m0./s1. The van der Waals surface area contributed by atoms with Gasteiger partial charge in [-0.3, -0.25) is 0 Å². The molecule has 22 heavy (non-hydrogen) atoms. The van der Waals surface area contributed by atoms with Crippen LogP contribution in [-0.4, -0.2) is 61.7 Å². The number of carboxylic acid groups (broad SMARTS) is 1. The van der Waals surface area contributed by atoms with E-state index >= 15 is 0 Å². The van der Waals surface area contributed by atoms with Gasteiger partial charge in [-0.1, -0.05) is 6.07 Å². The van der Waals surface area contributed by atoms with Crippen LogP contribution in [0.4, 0.5) is 0 Å². The number of hydrogen-bond donors (Lipinski definition) is 6. The monoisotopic (exact) mass is 319 g/mol. The van der Waals surface area contributed by atoms with Crippen LogP contribution < -0.4 is 5.73 Å². The second-order valence-electron chi connectivity index (χ2n) is 4.14. The van der Waals surface area contributed by atoms with Crippen LogP contribution in [0.25, 0.3) is 0 Å². The number of carbonyl (C=O) groups excluding carboxylic acids is 1. The van der Waals surface area contributed by atoms with E-state index in [0.29, 0.717) is 0 Å². The van der Waals surface area contributed by atoms with Crippen molar-refractivity contribution >= 4 is 11.9 Å². The fourth-order valence-electron chi connectivity index (χ4n) is 1.47. The van der Waals surface area contributed by atoms with E-state index in [0.717, 1.165) is 12.1 Å². The molecule has 1 aromatic rings. The molecular weight excluding hydrogens is 302 g/mol. The Hall–Kier alpha value is -2.40. The van der Waals surface area contributed by atoms with Crippen molar-refractivity contribution < 1.29 is 45.3 Å². The van der Waals surface area contributed by atoms with Gasteiger partial charge in [0.25, 0.3) is 0 Å². The Morgan fingerprint density at radius 2 is 1.73 bits per heavy atom. The molecule has 0 aliphatic heterocycles. The second-order valence-corrected chi connectivity index (χ2v) is 4.14. The number of aromatic hydroxyl groups is 2. The van der Waals surface area contributed by atoms with Gasteiger partial charge in [0, 0.05) is 6.54 Å². The van der Waals surface area contributed by atoms with Crippen molar-refractivity contribution in [3.05, 3.63) is 23.8 Å². The molecule has 0 spiro atoms. The molecule has 10 heteroatoms. The molecule has 3 atom stereocenters. The minimum absolute atomic E-state index is 0. The molecule has 124 valence electrons. The van der Waals surface area contributed by atoms with E-state index < -0.39 is 36.0 Å². The zero-order valence-corrected chi connectivity index (χ0v) is 11.2. The van der Waals surface area contributed by atoms with E-state index in [1.54, 1.807) is 0 Å². The summed E-state index contributed by atoms with van der Waals surface area (Å²) >= 11 is 0. The van der Waals surface area contributed by atoms with Crippen molar-refractivity contribution in [3.8, 4) is 11.5 Å². The van der Waals surface area contributed by atoms with E-state index in [1.807, 2.05) is 0 Å². The number of carboxylic acids is 1. The van der Waals surface area contributed by atoms with E-state index in [-0.39, 0.29) is 23.3 Å². The van der Waals surface area contributed by atoms with Crippen molar-refractivity contribution in [3.63, 3.8) is 0 Å². The van der Waals surface area contributed by atoms with Gasteiger partial charge in [-0.15, -0.1) is 0 Å². The highest BCUT2D eigenvalue weighted by Gasteiger charge is 2.33. The van der Waals surface area contributed by atoms with E-state index in [9.17, 15) is 24.9 Å². The van der Waals surface area contributed by atoms with Gasteiger partial charge in [0.05, 0.1) is 0 Å². The molecule has 0 aromatic heterocycles. The molecule has 0 heterocycles. The molecule has 0 amide bonds. The first-order chi connectivity index (χ1) is 9.77. The molecule has 0 aliphatic carbocycles. The Morgan fingerprint density at radius 1 is 1.14 bits per heavy atom. The minimum Gasteiger partial charge on any atom is -0.504 e.